The van der Waals surface area contributed by atoms with Crippen molar-refractivity contribution in [3.63, 3.8) is 0 Å². The minimum Gasteiger partial charge on any atom is -0.394 e. The van der Waals surface area contributed by atoms with E-state index >= 15 is 0 Å². The molecule has 5 aliphatic rings. The summed E-state index contributed by atoms with van der Waals surface area (Å²) in [6.45, 7) is -3.46. The molecule has 1 saturated carbocycles. The summed E-state index contributed by atoms with van der Waals surface area (Å²) in [5.41, 5.74) is 6.09. The lowest BCUT2D eigenvalue weighted by atomic mass is 9.84. The standard InChI is InChI=1S/C30H53NO25/c31-9-13(38)24(7(3-34)52-27(9)55-25-20(45)17(42)16(41)18(43)21(25)46)54-29-23(48)15(40)12(37)8(53-29)4-49-30-26(19(44)11(36)6(2-33)51-30)56-28-22(47)14(39)10(35)5(1-32)50-28/h5-30,32-48H,1-4,31H2/t5-,6-,7-,8-,9-,10-,11-,12-,13-,14+,15+,16?,17+,18+,19+,20-,21+,22+,23+,24-,25?,26+,27-,28-,29-,30+/m1/s1. The van der Waals surface area contributed by atoms with Gasteiger partial charge in [0.05, 0.1) is 32.5 Å². The summed E-state index contributed by atoms with van der Waals surface area (Å²) in [6.07, 6.45) is -46.1. The summed E-state index contributed by atoms with van der Waals surface area (Å²) in [6, 6.07) is -1.64. The largest absolute Gasteiger partial charge is 0.394 e. The van der Waals surface area contributed by atoms with Crippen molar-refractivity contribution in [2.45, 2.75) is 159 Å². The van der Waals surface area contributed by atoms with Crippen molar-refractivity contribution in [2.75, 3.05) is 26.4 Å². The first-order chi connectivity index (χ1) is 26.4. The van der Waals surface area contributed by atoms with Crippen LogP contribution < -0.4 is 5.73 Å². The van der Waals surface area contributed by atoms with E-state index in [1.165, 1.54) is 0 Å². The van der Waals surface area contributed by atoms with E-state index < -0.39 is 186 Å². The van der Waals surface area contributed by atoms with Crippen molar-refractivity contribution in [2.24, 2.45) is 5.73 Å². The maximum absolute atomic E-state index is 11.1. The molecular weight excluding hydrogens is 774 g/mol. The summed E-state index contributed by atoms with van der Waals surface area (Å²) in [4.78, 5) is 0. The molecule has 56 heavy (non-hydrogen) atoms. The smallest absolute Gasteiger partial charge is 0.187 e. The lowest BCUT2D eigenvalue weighted by Gasteiger charge is -2.48. The van der Waals surface area contributed by atoms with Crippen molar-refractivity contribution >= 4 is 0 Å². The number of hydrogen-bond acceptors (Lipinski definition) is 26. The van der Waals surface area contributed by atoms with Crippen LogP contribution in [0.5, 0.6) is 0 Å². The van der Waals surface area contributed by atoms with Gasteiger partial charge in [0, 0.05) is 0 Å². The fraction of sp³-hybridized carbons (Fsp3) is 1.00. The Morgan fingerprint density at radius 2 is 0.696 bits per heavy atom. The molecule has 26 nitrogen and oxygen atoms in total. The lowest BCUT2D eigenvalue weighted by molar-refractivity contribution is -0.377. The van der Waals surface area contributed by atoms with Gasteiger partial charge in [-0.2, -0.15) is 0 Å². The SMILES string of the molecule is N[C@H]1[C@@H](OC2[C@@H](O)[C@@H](O)C(O)[C@H](O)[C@H]2O)O[C@H](CO)[C@@H](O[C@H]2O[C@H](CO[C@H]3O[C@H](CO)[C@@H](O)[C@H](O)[C@@H]3O[C@H]3O[C@H](CO)[C@@H](O)[C@H](O)[C@@H]3O)[C@@H](O)[C@H](O)[C@@H]2O)[C@@H]1O. The Kier molecular flexibility index (Phi) is 15.7. The molecule has 4 heterocycles. The van der Waals surface area contributed by atoms with Gasteiger partial charge in [-0.25, -0.2) is 0 Å². The second kappa shape index (κ2) is 19.1. The van der Waals surface area contributed by atoms with E-state index in [-0.39, 0.29) is 0 Å². The zero-order valence-corrected chi connectivity index (χ0v) is 29.3. The van der Waals surface area contributed by atoms with Crippen molar-refractivity contribution < 1.29 is 125 Å². The van der Waals surface area contributed by atoms with Gasteiger partial charge in [0.1, 0.15) is 128 Å². The number of hydrogen-bond donors (Lipinski definition) is 18. The van der Waals surface area contributed by atoms with E-state index in [1.54, 1.807) is 0 Å². The Morgan fingerprint density at radius 1 is 0.339 bits per heavy atom. The van der Waals surface area contributed by atoms with Gasteiger partial charge in [0.2, 0.25) is 0 Å². The zero-order valence-electron chi connectivity index (χ0n) is 29.3. The molecule has 19 N–H and O–H groups in total. The minimum absolute atomic E-state index is 0.813. The summed E-state index contributed by atoms with van der Waals surface area (Å²) in [7, 11) is 0. The first-order valence-electron chi connectivity index (χ1n) is 17.7. The predicted molar refractivity (Wildman–Crippen MR) is 169 cm³/mol. The summed E-state index contributed by atoms with van der Waals surface area (Å²) in [5, 5.41) is 175. The minimum atomic E-state index is -2.05. The first kappa shape index (κ1) is 46.0. The van der Waals surface area contributed by atoms with Crippen LogP contribution in [0.25, 0.3) is 0 Å². The molecule has 0 radical (unpaired) electrons. The normalized spacial score (nSPS) is 54.5. The molecular formula is C30H53NO25. The number of aliphatic hydroxyl groups excluding tert-OH is 17. The number of rotatable bonds is 12. The Morgan fingerprint density at radius 3 is 1.21 bits per heavy atom. The Bertz CT molecular complexity index is 1210. The van der Waals surface area contributed by atoms with Crippen LogP contribution in [0.15, 0.2) is 0 Å². The topological polar surface area (TPSA) is 444 Å². The maximum atomic E-state index is 11.1. The molecule has 0 aromatic carbocycles. The molecule has 1 aliphatic carbocycles. The van der Waals surface area contributed by atoms with Crippen LogP contribution in [-0.4, -0.2) is 273 Å². The highest BCUT2D eigenvalue weighted by Crippen LogP contribution is 2.34. The van der Waals surface area contributed by atoms with E-state index in [2.05, 4.69) is 0 Å². The molecule has 0 aromatic heterocycles. The Balaban J connectivity index is 1.27. The van der Waals surface area contributed by atoms with Crippen LogP contribution >= 0.6 is 0 Å². The molecule has 5 rings (SSSR count). The molecule has 0 spiro atoms. The van der Waals surface area contributed by atoms with E-state index in [0.717, 1.165) is 0 Å². The second-order valence-corrected chi connectivity index (χ2v) is 14.3. The fourth-order valence-electron chi connectivity index (χ4n) is 7.07. The average molecular weight is 828 g/mol. The van der Waals surface area contributed by atoms with Gasteiger partial charge in [-0.1, -0.05) is 0 Å². The number of nitrogens with two attached hydrogens (primary N) is 1. The highest BCUT2D eigenvalue weighted by atomic mass is 16.8. The van der Waals surface area contributed by atoms with Crippen molar-refractivity contribution in [3.05, 3.63) is 0 Å². The molecule has 26 atom stereocenters. The molecule has 4 aliphatic heterocycles. The maximum Gasteiger partial charge on any atom is 0.187 e. The average Bonchev–Trinajstić information content (AvgIpc) is 3.19. The van der Waals surface area contributed by atoms with E-state index in [1.807, 2.05) is 0 Å². The summed E-state index contributed by atoms with van der Waals surface area (Å²) in [5.74, 6) is 0. The summed E-state index contributed by atoms with van der Waals surface area (Å²) < 4.78 is 44.4. The van der Waals surface area contributed by atoms with Crippen molar-refractivity contribution in [1.82, 2.24) is 0 Å². The van der Waals surface area contributed by atoms with Gasteiger partial charge in [0.25, 0.3) is 0 Å². The Hall–Kier alpha value is -1.04. The third-order valence-corrected chi connectivity index (χ3v) is 10.6. The molecule has 4 saturated heterocycles. The first-order valence-corrected chi connectivity index (χ1v) is 17.7. The lowest BCUT2D eigenvalue weighted by Crippen LogP contribution is -2.69. The highest BCUT2D eigenvalue weighted by Gasteiger charge is 2.55. The second-order valence-electron chi connectivity index (χ2n) is 14.3. The molecule has 0 bridgehead atoms. The molecule has 328 valence electrons. The molecule has 0 amide bonds. The fourth-order valence-corrected chi connectivity index (χ4v) is 7.07. The van der Waals surface area contributed by atoms with Crippen LogP contribution in [0.3, 0.4) is 0 Å². The number of ether oxygens (including phenoxy) is 8. The van der Waals surface area contributed by atoms with Gasteiger partial charge < -0.3 is 130 Å². The Labute approximate surface area is 316 Å². The van der Waals surface area contributed by atoms with E-state index in [4.69, 9.17) is 43.6 Å². The van der Waals surface area contributed by atoms with Crippen LogP contribution in [0.1, 0.15) is 0 Å². The third kappa shape index (κ3) is 9.01. The predicted octanol–water partition coefficient (Wildman–Crippen LogP) is -12.6. The molecule has 5 fully saturated rings. The van der Waals surface area contributed by atoms with Crippen LogP contribution in [-0.2, 0) is 37.9 Å². The molecule has 26 heteroatoms. The van der Waals surface area contributed by atoms with E-state index in [0.29, 0.717) is 0 Å². The van der Waals surface area contributed by atoms with Crippen molar-refractivity contribution in [3.8, 4) is 0 Å². The van der Waals surface area contributed by atoms with Crippen LogP contribution in [0, 0.1) is 0 Å². The van der Waals surface area contributed by atoms with Crippen molar-refractivity contribution in [1.29, 1.82) is 0 Å². The van der Waals surface area contributed by atoms with Crippen LogP contribution in [0.4, 0.5) is 0 Å². The quantitative estimate of drug-likeness (QED) is 0.0868. The van der Waals surface area contributed by atoms with Gasteiger partial charge in [-0.05, 0) is 0 Å². The molecule has 0 aromatic rings. The van der Waals surface area contributed by atoms with Gasteiger partial charge >= 0.3 is 0 Å². The number of aliphatic hydroxyl groups is 17. The van der Waals surface area contributed by atoms with Gasteiger partial charge in [-0.15, -0.1) is 0 Å². The highest BCUT2D eigenvalue weighted by molar-refractivity contribution is 5.02. The van der Waals surface area contributed by atoms with Crippen LogP contribution in [0.2, 0.25) is 0 Å². The van der Waals surface area contributed by atoms with Gasteiger partial charge in [0.15, 0.2) is 25.2 Å². The zero-order chi connectivity index (χ0) is 41.5. The van der Waals surface area contributed by atoms with E-state index in [9.17, 15) is 86.8 Å². The molecule has 2 unspecified atom stereocenters. The third-order valence-electron chi connectivity index (χ3n) is 10.6. The summed E-state index contributed by atoms with van der Waals surface area (Å²) >= 11 is 0. The van der Waals surface area contributed by atoms with Gasteiger partial charge in [-0.3, -0.25) is 0 Å². The monoisotopic (exact) mass is 827 g/mol.